The first-order chi connectivity index (χ1) is 10.0. The number of fused-ring (bicyclic) bond motifs is 2. The second-order valence-electron chi connectivity index (χ2n) is 5.51. The van der Waals surface area contributed by atoms with Gasteiger partial charge in [0, 0.05) is 23.5 Å². The Labute approximate surface area is 147 Å². The summed E-state index contributed by atoms with van der Waals surface area (Å²) in [5.74, 6) is 0. The molecule has 1 N–H and O–H groups in total. The number of hydrogen-bond acceptors (Lipinski definition) is 4. The molecule has 1 aromatic rings. The van der Waals surface area contributed by atoms with Gasteiger partial charge in [-0.1, -0.05) is 11.6 Å². The molecule has 2 unspecified atom stereocenters. The Balaban J connectivity index is 0.00000176. The van der Waals surface area contributed by atoms with Gasteiger partial charge >= 0.3 is 0 Å². The van der Waals surface area contributed by atoms with Crippen molar-refractivity contribution in [2.75, 3.05) is 19.3 Å². The molecule has 2 saturated heterocycles. The monoisotopic (exact) mass is 382 g/mol. The van der Waals surface area contributed by atoms with Crippen LogP contribution in [0, 0.1) is 0 Å². The molecule has 0 aromatic heterocycles. The van der Waals surface area contributed by atoms with Crippen molar-refractivity contribution < 1.29 is 8.42 Å². The van der Waals surface area contributed by atoms with Crippen molar-refractivity contribution >= 4 is 45.8 Å². The number of nitrogens with one attached hydrogen (secondary N) is 1. The van der Waals surface area contributed by atoms with E-state index in [9.17, 15) is 8.42 Å². The van der Waals surface area contributed by atoms with Gasteiger partial charge in [0.25, 0.3) is 0 Å². The summed E-state index contributed by atoms with van der Waals surface area (Å²) >= 11 is 7.70. The van der Waals surface area contributed by atoms with E-state index in [1.807, 2.05) is 6.26 Å². The van der Waals surface area contributed by atoms with Crippen LogP contribution < -0.4 is 5.32 Å². The summed E-state index contributed by atoms with van der Waals surface area (Å²) in [5, 5.41) is 3.83. The largest absolute Gasteiger partial charge is 0.315 e. The Morgan fingerprint density at radius 1 is 1.27 bits per heavy atom. The molecule has 3 rings (SSSR count). The summed E-state index contributed by atoms with van der Waals surface area (Å²) in [5.41, 5.74) is 0. The molecule has 0 amide bonds. The summed E-state index contributed by atoms with van der Waals surface area (Å²) in [6, 6.07) is 5.24. The molecular weight excluding hydrogens is 363 g/mol. The first-order valence-corrected chi connectivity index (χ1v) is 10.2. The second kappa shape index (κ2) is 7.28. The number of benzene rings is 1. The van der Waals surface area contributed by atoms with Crippen LogP contribution in [0.25, 0.3) is 0 Å². The number of thioether (sulfide) groups is 1. The van der Waals surface area contributed by atoms with Crippen molar-refractivity contribution in [3.05, 3.63) is 23.2 Å². The van der Waals surface area contributed by atoms with Gasteiger partial charge in [0.1, 0.15) is 0 Å². The lowest BCUT2D eigenvalue weighted by atomic mass is 10.1. The maximum Gasteiger partial charge on any atom is 0.243 e. The summed E-state index contributed by atoms with van der Waals surface area (Å²) < 4.78 is 27.7. The van der Waals surface area contributed by atoms with Crippen molar-refractivity contribution in [1.29, 1.82) is 0 Å². The van der Waals surface area contributed by atoms with Crippen LogP contribution in [0.15, 0.2) is 28.0 Å². The van der Waals surface area contributed by atoms with Crippen molar-refractivity contribution in [1.82, 2.24) is 9.62 Å². The molecule has 0 saturated carbocycles. The average Bonchev–Trinajstić information content (AvgIpc) is 2.72. The van der Waals surface area contributed by atoms with E-state index in [1.54, 1.807) is 22.5 Å². The summed E-state index contributed by atoms with van der Waals surface area (Å²) in [4.78, 5) is 1.21. The van der Waals surface area contributed by atoms with E-state index in [4.69, 9.17) is 11.6 Å². The molecule has 0 spiro atoms. The van der Waals surface area contributed by atoms with Crippen molar-refractivity contribution in [3.63, 3.8) is 0 Å². The van der Waals surface area contributed by atoms with Crippen LogP contribution in [0.3, 0.4) is 0 Å². The molecule has 4 nitrogen and oxygen atoms in total. The van der Waals surface area contributed by atoms with E-state index >= 15 is 0 Å². The first-order valence-electron chi connectivity index (χ1n) is 7.12. The quantitative estimate of drug-likeness (QED) is 0.816. The fraction of sp³-hybridized carbons (Fsp3) is 0.571. The third kappa shape index (κ3) is 3.28. The molecule has 0 radical (unpaired) electrons. The Morgan fingerprint density at radius 2 is 2.00 bits per heavy atom. The molecule has 2 bridgehead atoms. The number of sulfonamides is 1. The van der Waals surface area contributed by atoms with Gasteiger partial charge in [-0.2, -0.15) is 4.31 Å². The van der Waals surface area contributed by atoms with Gasteiger partial charge in [-0.25, -0.2) is 8.42 Å². The average molecular weight is 383 g/mol. The first kappa shape index (κ1) is 18.4. The topological polar surface area (TPSA) is 49.4 Å². The summed E-state index contributed by atoms with van der Waals surface area (Å²) in [7, 11) is -3.47. The molecule has 2 atom stereocenters. The molecule has 1 aromatic carbocycles. The molecule has 124 valence electrons. The van der Waals surface area contributed by atoms with E-state index in [1.165, 1.54) is 11.8 Å². The van der Waals surface area contributed by atoms with Crippen molar-refractivity contribution in [3.8, 4) is 0 Å². The lowest BCUT2D eigenvalue weighted by Gasteiger charge is -2.27. The van der Waals surface area contributed by atoms with Gasteiger partial charge in [-0.15, -0.1) is 24.2 Å². The van der Waals surface area contributed by atoms with Crippen LogP contribution in [0.4, 0.5) is 0 Å². The van der Waals surface area contributed by atoms with E-state index in [2.05, 4.69) is 5.32 Å². The van der Waals surface area contributed by atoms with Gasteiger partial charge < -0.3 is 5.32 Å². The van der Waals surface area contributed by atoms with Gasteiger partial charge in [0.2, 0.25) is 10.0 Å². The minimum Gasteiger partial charge on any atom is -0.315 e. The predicted octanol–water partition coefficient (Wildman–Crippen LogP) is 3.00. The normalized spacial score (nSPS) is 25.5. The smallest absolute Gasteiger partial charge is 0.243 e. The zero-order chi connectivity index (χ0) is 15.0. The highest BCUT2D eigenvalue weighted by Gasteiger charge is 2.43. The lowest BCUT2D eigenvalue weighted by Crippen LogP contribution is -2.42. The Morgan fingerprint density at radius 3 is 2.68 bits per heavy atom. The number of hydrogen-bond donors (Lipinski definition) is 1. The van der Waals surface area contributed by atoms with Gasteiger partial charge in [0.05, 0.1) is 9.92 Å². The maximum absolute atomic E-state index is 13.0. The molecule has 8 heteroatoms. The molecule has 22 heavy (non-hydrogen) atoms. The zero-order valence-electron chi connectivity index (χ0n) is 12.3. The van der Waals surface area contributed by atoms with E-state index in [0.29, 0.717) is 9.92 Å². The molecule has 2 aliphatic heterocycles. The Hall–Kier alpha value is 0.0200. The van der Waals surface area contributed by atoms with Gasteiger partial charge in [0.15, 0.2) is 0 Å². The fourth-order valence-corrected chi connectivity index (χ4v) is 6.12. The summed E-state index contributed by atoms with van der Waals surface area (Å²) in [6.07, 6.45) is 4.71. The van der Waals surface area contributed by atoms with Gasteiger partial charge in [-0.3, -0.25) is 0 Å². The highest BCUT2D eigenvalue weighted by atomic mass is 35.5. The Kier molecular flexibility index (Phi) is 6.07. The van der Waals surface area contributed by atoms with E-state index in [0.717, 1.165) is 37.2 Å². The van der Waals surface area contributed by atoms with Crippen molar-refractivity contribution in [2.24, 2.45) is 0 Å². The van der Waals surface area contributed by atoms with Crippen LogP contribution in [0.1, 0.15) is 19.3 Å². The van der Waals surface area contributed by atoms with Crippen LogP contribution >= 0.6 is 35.8 Å². The minimum absolute atomic E-state index is 0. The van der Waals surface area contributed by atoms with Crippen LogP contribution in [0.5, 0.6) is 0 Å². The maximum atomic E-state index is 13.0. The lowest BCUT2D eigenvalue weighted by molar-refractivity contribution is 0.334. The highest BCUT2D eigenvalue weighted by Crippen LogP contribution is 2.35. The fourth-order valence-electron chi connectivity index (χ4n) is 3.26. The van der Waals surface area contributed by atoms with Crippen molar-refractivity contribution in [2.45, 2.75) is 41.1 Å². The number of halogens is 2. The van der Waals surface area contributed by atoms with Gasteiger partial charge in [-0.05, 0) is 50.3 Å². The van der Waals surface area contributed by atoms with Crippen LogP contribution in [0.2, 0.25) is 5.02 Å². The molecule has 2 heterocycles. The molecule has 2 fully saturated rings. The summed E-state index contributed by atoms with van der Waals surface area (Å²) in [6.45, 7) is 1.63. The third-order valence-electron chi connectivity index (χ3n) is 4.29. The highest BCUT2D eigenvalue weighted by molar-refractivity contribution is 7.98. The SMILES string of the molecule is CSc1ccc(S(=O)(=O)N2C3CCNCC2CC3)cc1Cl.Cl. The number of rotatable bonds is 3. The predicted molar refractivity (Wildman–Crippen MR) is 93.8 cm³/mol. The third-order valence-corrected chi connectivity index (χ3v) is 7.51. The molecular formula is C14H20Cl2N2O2S2. The van der Waals surface area contributed by atoms with Crippen LogP contribution in [-0.4, -0.2) is 44.2 Å². The minimum atomic E-state index is -3.47. The Bertz CT molecular complexity index is 626. The molecule has 0 aliphatic carbocycles. The standard InChI is InChI=1S/C14H19ClN2O2S2.ClH/c1-20-14-5-4-12(8-13(14)15)21(18,19)17-10-2-3-11(17)9-16-7-6-10;/h4-5,8,10-11,16H,2-3,6-7,9H2,1H3;1H. The second-order valence-corrected chi connectivity index (χ2v) is 8.61. The van der Waals surface area contributed by atoms with Crippen LogP contribution in [-0.2, 0) is 10.0 Å². The zero-order valence-corrected chi connectivity index (χ0v) is 15.5. The van der Waals surface area contributed by atoms with E-state index in [-0.39, 0.29) is 24.5 Å². The number of nitrogens with zero attached hydrogens (tertiary/aromatic N) is 1. The van der Waals surface area contributed by atoms with E-state index < -0.39 is 10.0 Å². The molecule has 2 aliphatic rings.